The predicted molar refractivity (Wildman–Crippen MR) is 92.8 cm³/mol. The van der Waals surface area contributed by atoms with Gasteiger partial charge in [-0.1, -0.05) is 49.5 Å². The zero-order valence-corrected chi connectivity index (χ0v) is 14.5. The van der Waals surface area contributed by atoms with Crippen molar-refractivity contribution in [3.63, 3.8) is 0 Å². The summed E-state index contributed by atoms with van der Waals surface area (Å²) in [4.78, 5) is 14.2. The van der Waals surface area contributed by atoms with E-state index in [-0.39, 0.29) is 11.9 Å². The molecule has 3 N–H and O–H groups in total. The first-order chi connectivity index (χ1) is 9.95. The van der Waals surface area contributed by atoms with E-state index in [9.17, 15) is 4.79 Å². The van der Waals surface area contributed by atoms with Crippen molar-refractivity contribution in [2.24, 2.45) is 11.1 Å². The smallest absolute Gasteiger partial charge is 0.233 e. The van der Waals surface area contributed by atoms with E-state index in [4.69, 9.17) is 29.6 Å². The Morgan fingerprint density at radius 1 is 1.38 bits per heavy atom. The first-order valence-electron chi connectivity index (χ1n) is 7.32. The fourth-order valence-corrected chi connectivity index (χ4v) is 4.24. The number of hydrogen-bond donors (Lipinski definition) is 2. The van der Waals surface area contributed by atoms with Crippen LogP contribution in [0.2, 0.25) is 4.34 Å². The summed E-state index contributed by atoms with van der Waals surface area (Å²) in [6, 6.07) is 3.71. The Hall–Kier alpha value is -0.650. The van der Waals surface area contributed by atoms with Gasteiger partial charge in [0.2, 0.25) is 5.91 Å². The maximum Gasteiger partial charge on any atom is 0.233 e. The number of hydrogen-bond acceptors (Lipinski definition) is 3. The fraction of sp³-hybridized carbons (Fsp3) is 0.600. The second-order valence-corrected chi connectivity index (χ2v) is 7.88. The van der Waals surface area contributed by atoms with Crippen LogP contribution in [0, 0.1) is 5.41 Å². The summed E-state index contributed by atoms with van der Waals surface area (Å²) in [6.07, 6.45) is 5.81. The van der Waals surface area contributed by atoms with Crippen LogP contribution in [0.3, 0.4) is 0 Å². The summed E-state index contributed by atoms with van der Waals surface area (Å²) in [5.41, 5.74) is 5.26. The minimum absolute atomic E-state index is 0.0334. The van der Waals surface area contributed by atoms with Gasteiger partial charge in [-0.05, 0) is 31.9 Å². The van der Waals surface area contributed by atoms with Gasteiger partial charge in [-0.3, -0.25) is 4.79 Å². The topological polar surface area (TPSA) is 55.1 Å². The van der Waals surface area contributed by atoms with Gasteiger partial charge in [-0.15, -0.1) is 11.3 Å². The maximum absolute atomic E-state index is 12.8. The standard InChI is InChI=1S/C15H21ClN2OS2/c1-10(11-6-7-12(16)21-11)18-14(19)15(13(17)20)8-4-2-3-5-9-15/h6-7,10H,2-5,8-9H2,1H3,(H2,17,20)(H,18,19). The number of thiophene rings is 1. The summed E-state index contributed by atoms with van der Waals surface area (Å²) in [5.74, 6) is -0.0334. The molecule has 116 valence electrons. The van der Waals surface area contributed by atoms with Crippen molar-refractivity contribution in [3.8, 4) is 0 Å². The molecule has 3 nitrogen and oxygen atoms in total. The van der Waals surface area contributed by atoms with Gasteiger partial charge in [0.1, 0.15) is 0 Å². The summed E-state index contributed by atoms with van der Waals surface area (Å²) in [7, 11) is 0. The number of carbonyl (C=O) groups excluding carboxylic acids is 1. The molecule has 1 saturated carbocycles. The molecular weight excluding hydrogens is 324 g/mol. The van der Waals surface area contributed by atoms with Crippen molar-refractivity contribution in [1.29, 1.82) is 0 Å². The van der Waals surface area contributed by atoms with Gasteiger partial charge in [-0.2, -0.15) is 0 Å². The molecule has 1 aliphatic carbocycles. The minimum Gasteiger partial charge on any atom is -0.392 e. The number of rotatable bonds is 4. The molecule has 1 amide bonds. The minimum atomic E-state index is -0.679. The maximum atomic E-state index is 12.8. The molecule has 6 heteroatoms. The number of nitrogens with two attached hydrogens (primary N) is 1. The van der Waals surface area contributed by atoms with Crippen LogP contribution < -0.4 is 11.1 Å². The third-order valence-corrected chi connectivity index (χ3v) is 6.04. The molecule has 1 fully saturated rings. The van der Waals surface area contributed by atoms with Crippen LogP contribution in [0.25, 0.3) is 0 Å². The first-order valence-corrected chi connectivity index (χ1v) is 8.92. The average Bonchev–Trinajstić information content (AvgIpc) is 2.73. The van der Waals surface area contributed by atoms with Gasteiger partial charge in [0.05, 0.1) is 20.8 Å². The molecule has 1 heterocycles. The Bertz CT molecular complexity index is 521. The third kappa shape index (κ3) is 3.76. The van der Waals surface area contributed by atoms with E-state index >= 15 is 0 Å². The monoisotopic (exact) mass is 344 g/mol. The van der Waals surface area contributed by atoms with Crippen LogP contribution in [0.15, 0.2) is 12.1 Å². The molecular formula is C15H21ClN2OS2. The third-order valence-electron chi connectivity index (χ3n) is 4.23. The quantitative estimate of drug-likeness (QED) is 0.635. The number of amides is 1. The van der Waals surface area contributed by atoms with Crippen LogP contribution in [0.5, 0.6) is 0 Å². The zero-order valence-electron chi connectivity index (χ0n) is 12.2. The van der Waals surface area contributed by atoms with Gasteiger partial charge < -0.3 is 11.1 Å². The molecule has 1 aromatic rings. The van der Waals surface area contributed by atoms with Crippen LogP contribution in [0.4, 0.5) is 0 Å². The molecule has 0 spiro atoms. The van der Waals surface area contributed by atoms with Gasteiger partial charge in [0, 0.05) is 4.88 Å². The Labute approximate surface area is 140 Å². The van der Waals surface area contributed by atoms with E-state index < -0.39 is 5.41 Å². The Morgan fingerprint density at radius 3 is 2.48 bits per heavy atom. The predicted octanol–water partition coefficient (Wildman–Crippen LogP) is 4.21. The van der Waals surface area contributed by atoms with Crippen molar-refractivity contribution >= 4 is 46.1 Å². The van der Waals surface area contributed by atoms with Crippen molar-refractivity contribution in [2.45, 2.75) is 51.5 Å². The number of halogens is 1. The van der Waals surface area contributed by atoms with Crippen molar-refractivity contribution in [2.75, 3.05) is 0 Å². The second kappa shape index (κ2) is 7.07. The number of carbonyl (C=O) groups is 1. The van der Waals surface area contributed by atoms with Crippen LogP contribution in [-0.4, -0.2) is 10.9 Å². The highest BCUT2D eigenvalue weighted by atomic mass is 35.5. The second-order valence-electron chi connectivity index (χ2n) is 5.70. The van der Waals surface area contributed by atoms with E-state index in [1.165, 1.54) is 11.3 Å². The molecule has 21 heavy (non-hydrogen) atoms. The lowest BCUT2D eigenvalue weighted by Gasteiger charge is -2.31. The van der Waals surface area contributed by atoms with Gasteiger partial charge in [-0.25, -0.2) is 0 Å². The molecule has 0 saturated heterocycles. The molecule has 0 aliphatic heterocycles. The molecule has 1 unspecified atom stereocenters. The van der Waals surface area contributed by atoms with Crippen molar-refractivity contribution < 1.29 is 4.79 Å². The molecule has 1 aliphatic rings. The lowest BCUT2D eigenvalue weighted by molar-refractivity contribution is -0.128. The zero-order chi connectivity index (χ0) is 15.5. The van der Waals surface area contributed by atoms with Gasteiger partial charge in [0.25, 0.3) is 0 Å². The van der Waals surface area contributed by atoms with Gasteiger partial charge >= 0.3 is 0 Å². The lowest BCUT2D eigenvalue weighted by atomic mass is 9.79. The van der Waals surface area contributed by atoms with E-state index in [1.807, 2.05) is 19.1 Å². The summed E-state index contributed by atoms with van der Waals surface area (Å²) in [5, 5.41) is 3.07. The molecule has 2 rings (SSSR count). The normalized spacial score (nSPS) is 19.5. The van der Waals surface area contributed by atoms with E-state index in [0.717, 1.165) is 47.7 Å². The molecule has 1 aromatic heterocycles. The first kappa shape index (κ1) is 16.7. The highest BCUT2D eigenvalue weighted by Gasteiger charge is 2.41. The summed E-state index contributed by atoms with van der Waals surface area (Å²) < 4.78 is 0.727. The SMILES string of the molecule is CC(NC(=O)C1(C(N)=S)CCCCCC1)c1ccc(Cl)s1. The average molecular weight is 345 g/mol. The number of thiocarbonyl (C=S) groups is 1. The van der Waals surface area contributed by atoms with Crippen LogP contribution in [0.1, 0.15) is 56.4 Å². The highest BCUT2D eigenvalue weighted by Crippen LogP contribution is 2.37. The molecule has 1 atom stereocenters. The Kier molecular flexibility index (Phi) is 5.63. The summed E-state index contributed by atoms with van der Waals surface area (Å²) >= 11 is 12.7. The Balaban J connectivity index is 2.13. The van der Waals surface area contributed by atoms with Gasteiger partial charge in [0.15, 0.2) is 0 Å². The lowest BCUT2D eigenvalue weighted by Crippen LogP contribution is -2.49. The molecule has 0 aromatic carbocycles. The number of nitrogens with one attached hydrogen (secondary N) is 1. The van der Waals surface area contributed by atoms with Crippen LogP contribution in [-0.2, 0) is 4.79 Å². The summed E-state index contributed by atoms with van der Waals surface area (Å²) in [6.45, 7) is 1.96. The highest BCUT2D eigenvalue weighted by molar-refractivity contribution is 7.80. The molecule has 0 radical (unpaired) electrons. The largest absolute Gasteiger partial charge is 0.392 e. The van der Waals surface area contributed by atoms with E-state index in [0.29, 0.717) is 4.99 Å². The fourth-order valence-electron chi connectivity index (χ4n) is 2.88. The van der Waals surface area contributed by atoms with E-state index in [1.54, 1.807) is 0 Å². The molecule has 0 bridgehead atoms. The Morgan fingerprint density at radius 2 is 2.00 bits per heavy atom. The van der Waals surface area contributed by atoms with Crippen molar-refractivity contribution in [1.82, 2.24) is 5.32 Å². The van der Waals surface area contributed by atoms with E-state index in [2.05, 4.69) is 5.32 Å². The van der Waals surface area contributed by atoms with Crippen LogP contribution >= 0.6 is 35.2 Å². The van der Waals surface area contributed by atoms with Crippen molar-refractivity contribution in [3.05, 3.63) is 21.3 Å².